The molecule has 0 unspecified atom stereocenters. The molecule has 2 N–H and O–H groups in total. The summed E-state index contributed by atoms with van der Waals surface area (Å²) in [7, 11) is 0. The minimum absolute atomic E-state index is 0.320. The van der Waals surface area contributed by atoms with E-state index in [0.29, 0.717) is 21.3 Å². The van der Waals surface area contributed by atoms with Crippen LogP contribution in [-0.2, 0) is 4.79 Å². The molecule has 148 valence electrons. The second-order valence-electron chi connectivity index (χ2n) is 5.66. The van der Waals surface area contributed by atoms with Gasteiger partial charge in [0.15, 0.2) is 18.1 Å². The van der Waals surface area contributed by atoms with E-state index in [1.54, 1.807) is 18.3 Å². The molecule has 0 spiro atoms. The summed E-state index contributed by atoms with van der Waals surface area (Å²) in [6, 6.07) is 9.19. The number of amides is 1. The molecule has 1 aromatic heterocycles. The summed E-state index contributed by atoms with van der Waals surface area (Å²) in [5.74, 6) is -0.573. The van der Waals surface area contributed by atoms with Crippen LogP contribution in [0, 0.1) is 10.1 Å². The number of nitrogens with one attached hydrogen (secondary N) is 1. The van der Waals surface area contributed by atoms with E-state index < -0.39 is 22.3 Å². The largest absolute Gasteiger partial charge is 0.502 e. The summed E-state index contributed by atoms with van der Waals surface area (Å²) >= 11 is 6.85. The quantitative estimate of drug-likeness (QED) is 0.286. The monoisotopic (exact) mass is 522 g/mol. The maximum atomic E-state index is 12.0. The van der Waals surface area contributed by atoms with Crippen molar-refractivity contribution in [3.63, 3.8) is 0 Å². The number of hydrazone groups is 1. The molecule has 9 nitrogen and oxygen atoms in total. The van der Waals surface area contributed by atoms with Crippen molar-refractivity contribution in [1.29, 1.82) is 0 Å². The summed E-state index contributed by atoms with van der Waals surface area (Å²) in [5, 5.41) is 24.8. The summed E-state index contributed by atoms with van der Waals surface area (Å²) in [6.45, 7) is -0.320. The maximum absolute atomic E-state index is 12.0. The molecular formula is C18H12Br2N4O5. The van der Waals surface area contributed by atoms with Crippen molar-refractivity contribution in [2.45, 2.75) is 0 Å². The number of nitro benzene ring substituents is 1. The highest BCUT2D eigenvalue weighted by Crippen LogP contribution is 2.37. The third-order valence-corrected chi connectivity index (χ3v) is 4.94. The van der Waals surface area contributed by atoms with E-state index in [1.165, 1.54) is 18.3 Å². The Hall–Kier alpha value is -3.05. The zero-order chi connectivity index (χ0) is 21.0. The molecule has 3 aromatic rings. The van der Waals surface area contributed by atoms with Crippen molar-refractivity contribution in [2.75, 3.05) is 6.61 Å². The summed E-state index contributed by atoms with van der Waals surface area (Å²) < 4.78 is 7.06. The molecule has 3 rings (SSSR count). The Labute approximate surface area is 180 Å². The van der Waals surface area contributed by atoms with Gasteiger partial charge < -0.3 is 9.84 Å². The lowest BCUT2D eigenvalue weighted by molar-refractivity contribution is -0.385. The van der Waals surface area contributed by atoms with Crippen molar-refractivity contribution < 1.29 is 19.6 Å². The minimum atomic E-state index is -0.715. The zero-order valence-corrected chi connectivity index (χ0v) is 17.7. The molecule has 0 radical (unpaired) electrons. The number of aromatic hydroxyl groups is 1. The third kappa shape index (κ3) is 4.87. The number of phenols is 1. The first-order chi connectivity index (χ1) is 13.9. The number of fused-ring (bicyclic) bond motifs is 1. The molecule has 2 aromatic carbocycles. The van der Waals surface area contributed by atoms with Gasteiger partial charge in [-0.3, -0.25) is 19.9 Å². The SMILES string of the molecule is O=C(COc1c(Br)cc(Br)c2cccnc12)N/N=C/c1ccc(O)c([N+](=O)[O-])c1. The number of pyridine rings is 1. The maximum Gasteiger partial charge on any atom is 0.311 e. The van der Waals surface area contributed by atoms with Crippen molar-refractivity contribution in [1.82, 2.24) is 10.4 Å². The molecule has 0 aliphatic rings. The lowest BCUT2D eigenvalue weighted by Crippen LogP contribution is -2.24. The first-order valence-corrected chi connectivity index (χ1v) is 9.60. The first-order valence-electron chi connectivity index (χ1n) is 8.01. The number of hydrogen-bond acceptors (Lipinski definition) is 7. The lowest BCUT2D eigenvalue weighted by atomic mass is 10.2. The van der Waals surface area contributed by atoms with E-state index >= 15 is 0 Å². The van der Waals surface area contributed by atoms with Crippen LogP contribution in [0.2, 0.25) is 0 Å². The van der Waals surface area contributed by atoms with Crippen molar-refractivity contribution >= 4 is 60.6 Å². The van der Waals surface area contributed by atoms with Crippen molar-refractivity contribution in [2.24, 2.45) is 5.10 Å². The van der Waals surface area contributed by atoms with Gasteiger partial charge in [-0.15, -0.1) is 0 Å². The van der Waals surface area contributed by atoms with Crippen molar-refractivity contribution in [3.8, 4) is 11.5 Å². The van der Waals surface area contributed by atoms with Crippen LogP contribution in [0.3, 0.4) is 0 Å². The topological polar surface area (TPSA) is 127 Å². The van der Waals surface area contributed by atoms with E-state index in [4.69, 9.17) is 4.74 Å². The Bertz CT molecular complexity index is 1140. The lowest BCUT2D eigenvalue weighted by Gasteiger charge is -2.11. The van der Waals surface area contributed by atoms with Gasteiger partial charge in [0, 0.05) is 27.7 Å². The second kappa shape index (κ2) is 8.97. The standard InChI is InChI=1S/C18H12Br2N4O5/c19-12-7-13(20)18(17-11(12)2-1-5-21-17)29-9-16(26)23-22-8-10-3-4-15(25)14(6-10)24(27)28/h1-8,25H,9H2,(H,23,26)/b22-8+. The Morgan fingerprint density at radius 1 is 1.31 bits per heavy atom. The Morgan fingerprint density at radius 2 is 2.10 bits per heavy atom. The highest BCUT2D eigenvalue weighted by molar-refractivity contribution is 9.11. The fourth-order valence-corrected chi connectivity index (χ4v) is 3.79. The van der Waals surface area contributed by atoms with Gasteiger partial charge in [-0.25, -0.2) is 5.43 Å². The van der Waals surface area contributed by atoms with Gasteiger partial charge in [0.2, 0.25) is 0 Å². The summed E-state index contributed by atoms with van der Waals surface area (Å²) in [6.07, 6.45) is 2.84. The average molecular weight is 524 g/mol. The van der Waals surface area contributed by atoms with Gasteiger partial charge >= 0.3 is 5.69 Å². The smallest absolute Gasteiger partial charge is 0.311 e. The van der Waals surface area contributed by atoms with Crippen LogP contribution in [0.4, 0.5) is 5.69 Å². The molecule has 0 saturated heterocycles. The van der Waals surface area contributed by atoms with Crippen LogP contribution >= 0.6 is 31.9 Å². The molecule has 0 fully saturated rings. The number of phenolic OH excluding ortho intramolecular Hbond substituents is 1. The fraction of sp³-hybridized carbons (Fsp3) is 0.0556. The predicted octanol–water partition coefficient (Wildman–Crippen LogP) is 3.90. The number of aromatic nitrogens is 1. The Balaban J connectivity index is 1.66. The first kappa shape index (κ1) is 20.7. The van der Waals surface area contributed by atoms with Gasteiger partial charge in [-0.2, -0.15) is 5.10 Å². The molecule has 11 heteroatoms. The summed E-state index contributed by atoms with van der Waals surface area (Å²) in [4.78, 5) is 26.4. The summed E-state index contributed by atoms with van der Waals surface area (Å²) in [5.41, 5.74) is 2.74. The number of carbonyl (C=O) groups excluding carboxylic acids is 1. The van der Waals surface area contributed by atoms with Crippen LogP contribution in [-0.4, -0.2) is 33.7 Å². The molecule has 0 atom stereocenters. The molecule has 0 aliphatic carbocycles. The molecule has 1 heterocycles. The van der Waals surface area contributed by atoms with Gasteiger partial charge in [0.25, 0.3) is 5.91 Å². The van der Waals surface area contributed by atoms with Gasteiger partial charge in [0.05, 0.1) is 15.6 Å². The molecule has 1 amide bonds. The van der Waals surface area contributed by atoms with E-state index in [9.17, 15) is 20.0 Å². The highest BCUT2D eigenvalue weighted by atomic mass is 79.9. The molecular weight excluding hydrogens is 512 g/mol. The fourth-order valence-electron chi connectivity index (χ4n) is 2.40. The average Bonchev–Trinajstić information content (AvgIpc) is 2.69. The minimum Gasteiger partial charge on any atom is -0.502 e. The van der Waals surface area contributed by atoms with Crippen molar-refractivity contribution in [3.05, 3.63) is 67.2 Å². The number of halogens is 2. The molecule has 0 saturated carbocycles. The van der Waals surface area contributed by atoms with Crippen LogP contribution in [0.1, 0.15) is 5.56 Å². The van der Waals surface area contributed by atoms with Crippen LogP contribution < -0.4 is 10.2 Å². The number of benzene rings is 2. The number of hydrogen-bond donors (Lipinski definition) is 2. The molecule has 29 heavy (non-hydrogen) atoms. The van der Waals surface area contributed by atoms with E-state index in [0.717, 1.165) is 15.9 Å². The number of nitro groups is 1. The number of rotatable bonds is 6. The number of carbonyl (C=O) groups is 1. The molecule has 0 bridgehead atoms. The van der Waals surface area contributed by atoms with Gasteiger partial charge in [-0.1, -0.05) is 22.0 Å². The van der Waals surface area contributed by atoms with Gasteiger partial charge in [-0.05, 0) is 40.2 Å². The van der Waals surface area contributed by atoms with E-state index in [-0.39, 0.29) is 6.61 Å². The van der Waals surface area contributed by atoms with Crippen LogP contribution in [0.15, 0.2) is 56.6 Å². The highest BCUT2D eigenvalue weighted by Gasteiger charge is 2.14. The van der Waals surface area contributed by atoms with Crippen LogP contribution in [0.5, 0.6) is 11.5 Å². The Kier molecular flexibility index (Phi) is 6.39. The zero-order valence-electron chi connectivity index (χ0n) is 14.5. The second-order valence-corrected chi connectivity index (χ2v) is 7.36. The number of nitrogens with zero attached hydrogens (tertiary/aromatic N) is 3. The van der Waals surface area contributed by atoms with Gasteiger partial charge in [0.1, 0.15) is 5.52 Å². The van der Waals surface area contributed by atoms with Crippen LogP contribution in [0.25, 0.3) is 10.9 Å². The molecule has 0 aliphatic heterocycles. The third-order valence-electron chi connectivity index (χ3n) is 3.70. The predicted molar refractivity (Wildman–Crippen MR) is 113 cm³/mol. The number of ether oxygens (including phenoxy) is 1. The Morgan fingerprint density at radius 3 is 2.86 bits per heavy atom. The van der Waals surface area contributed by atoms with E-state index in [2.05, 4.69) is 47.4 Å². The normalized spacial score (nSPS) is 11.0. The van der Waals surface area contributed by atoms with E-state index in [1.807, 2.05) is 6.07 Å².